The van der Waals surface area contributed by atoms with Crippen LogP contribution in [0.15, 0.2) is 89.6 Å². The Morgan fingerprint density at radius 1 is 1.03 bits per heavy atom. The molecule has 0 spiro atoms. The third-order valence-electron chi connectivity index (χ3n) is 6.04. The molecule has 0 saturated carbocycles. The number of fused-ring (bicyclic) bond motifs is 1. The molecule has 0 aliphatic carbocycles. The molecule has 0 aliphatic heterocycles. The van der Waals surface area contributed by atoms with Crippen LogP contribution in [0.3, 0.4) is 0 Å². The second-order valence-corrected chi connectivity index (χ2v) is 8.67. The molecule has 5 rings (SSSR count). The van der Waals surface area contributed by atoms with Gasteiger partial charge in [-0.2, -0.15) is 0 Å². The number of aromatic amines is 1. The van der Waals surface area contributed by atoms with Crippen molar-refractivity contribution in [2.75, 3.05) is 6.54 Å². The SMILES string of the molecule is O=C(CCc1ncc(-c2ccccc2F)o1)NCC(c1ccccc1Cl)c1c[nH]c2ccccc12. The fourth-order valence-electron chi connectivity index (χ4n) is 4.26. The number of rotatable bonds is 8. The fraction of sp³-hybridized carbons (Fsp3) is 0.143. The van der Waals surface area contributed by atoms with Gasteiger partial charge in [0.25, 0.3) is 0 Å². The van der Waals surface area contributed by atoms with E-state index < -0.39 is 0 Å². The van der Waals surface area contributed by atoms with Crippen LogP contribution in [0, 0.1) is 5.82 Å². The molecule has 1 amide bonds. The van der Waals surface area contributed by atoms with E-state index in [1.54, 1.807) is 18.2 Å². The number of halogens is 2. The van der Waals surface area contributed by atoms with E-state index in [1.165, 1.54) is 12.3 Å². The Morgan fingerprint density at radius 3 is 2.66 bits per heavy atom. The lowest BCUT2D eigenvalue weighted by Crippen LogP contribution is -2.29. The molecule has 0 bridgehead atoms. The Bertz CT molecular complexity index is 1480. The summed E-state index contributed by atoms with van der Waals surface area (Å²) in [7, 11) is 0. The second-order valence-electron chi connectivity index (χ2n) is 8.27. The number of benzene rings is 3. The van der Waals surface area contributed by atoms with E-state index in [0.717, 1.165) is 22.0 Å². The van der Waals surface area contributed by atoms with E-state index in [2.05, 4.69) is 21.4 Å². The fourth-order valence-corrected chi connectivity index (χ4v) is 4.53. The molecule has 0 saturated heterocycles. The Morgan fingerprint density at radius 2 is 1.80 bits per heavy atom. The first-order valence-corrected chi connectivity index (χ1v) is 11.7. The van der Waals surface area contributed by atoms with Crippen LogP contribution < -0.4 is 5.32 Å². The Hall–Kier alpha value is -3.90. The smallest absolute Gasteiger partial charge is 0.220 e. The molecule has 1 atom stereocenters. The number of nitrogens with one attached hydrogen (secondary N) is 2. The zero-order chi connectivity index (χ0) is 24.2. The predicted octanol–water partition coefficient (Wildman–Crippen LogP) is 6.50. The standard InChI is InChI=1S/C28H23ClFN3O2/c29-23-10-4-1-7-18(23)21(22-15-31-25-12-6-3-8-19(22)25)16-32-27(34)13-14-28-33-17-26(35-28)20-9-2-5-11-24(20)30/h1-12,15,17,21,31H,13-14,16H2,(H,32,34). The van der Waals surface area contributed by atoms with E-state index in [1.807, 2.05) is 48.7 Å². The first-order valence-electron chi connectivity index (χ1n) is 11.4. The summed E-state index contributed by atoms with van der Waals surface area (Å²) in [6.07, 6.45) is 3.96. The maximum Gasteiger partial charge on any atom is 0.220 e. The van der Waals surface area contributed by atoms with Crippen molar-refractivity contribution in [1.29, 1.82) is 0 Å². The molecule has 2 N–H and O–H groups in total. The molecule has 2 heterocycles. The number of nitrogens with zero attached hydrogens (tertiary/aromatic N) is 1. The van der Waals surface area contributed by atoms with E-state index in [-0.39, 0.29) is 24.1 Å². The monoisotopic (exact) mass is 487 g/mol. The van der Waals surface area contributed by atoms with Gasteiger partial charge in [-0.1, -0.05) is 60.1 Å². The largest absolute Gasteiger partial charge is 0.441 e. The molecule has 2 aromatic heterocycles. The molecule has 35 heavy (non-hydrogen) atoms. The molecular formula is C28H23ClFN3O2. The predicted molar refractivity (Wildman–Crippen MR) is 135 cm³/mol. The van der Waals surface area contributed by atoms with Crippen molar-refractivity contribution in [3.8, 4) is 11.3 Å². The summed E-state index contributed by atoms with van der Waals surface area (Å²) in [6, 6.07) is 22.1. The van der Waals surface area contributed by atoms with Crippen LogP contribution in [0.1, 0.15) is 29.4 Å². The van der Waals surface area contributed by atoms with Gasteiger partial charge in [-0.25, -0.2) is 9.37 Å². The maximum atomic E-state index is 14.0. The molecule has 3 aromatic carbocycles. The van der Waals surface area contributed by atoms with Gasteiger partial charge in [-0.05, 0) is 35.4 Å². The van der Waals surface area contributed by atoms with E-state index in [0.29, 0.717) is 35.2 Å². The molecule has 1 unspecified atom stereocenters. The third kappa shape index (κ3) is 4.98. The molecule has 0 radical (unpaired) electrons. The van der Waals surface area contributed by atoms with Gasteiger partial charge < -0.3 is 14.7 Å². The van der Waals surface area contributed by atoms with Gasteiger partial charge in [0.1, 0.15) is 5.82 Å². The van der Waals surface area contributed by atoms with E-state index >= 15 is 0 Å². The minimum absolute atomic E-state index is 0.127. The van der Waals surface area contributed by atoms with Crippen LogP contribution >= 0.6 is 11.6 Å². The Labute approximate surface area is 207 Å². The quantitative estimate of drug-likeness (QED) is 0.262. The highest BCUT2D eigenvalue weighted by Crippen LogP contribution is 2.34. The highest BCUT2D eigenvalue weighted by Gasteiger charge is 2.21. The number of carbonyl (C=O) groups is 1. The lowest BCUT2D eigenvalue weighted by molar-refractivity contribution is -0.121. The Kier molecular flexibility index (Phi) is 6.64. The molecule has 5 nitrogen and oxygen atoms in total. The zero-order valence-electron chi connectivity index (χ0n) is 18.8. The van der Waals surface area contributed by atoms with Gasteiger partial charge >= 0.3 is 0 Å². The van der Waals surface area contributed by atoms with Crippen molar-refractivity contribution >= 4 is 28.4 Å². The number of amides is 1. The molecule has 7 heteroatoms. The summed E-state index contributed by atoms with van der Waals surface area (Å²) >= 11 is 6.54. The average Bonchev–Trinajstić information content (AvgIpc) is 3.52. The lowest BCUT2D eigenvalue weighted by Gasteiger charge is -2.19. The van der Waals surface area contributed by atoms with Crippen LogP contribution in [0.2, 0.25) is 5.02 Å². The number of aryl methyl sites for hydroxylation is 1. The van der Waals surface area contributed by atoms with Crippen LogP contribution in [0.5, 0.6) is 0 Å². The minimum Gasteiger partial charge on any atom is -0.441 e. The van der Waals surface area contributed by atoms with Gasteiger partial charge in [-0.15, -0.1) is 0 Å². The van der Waals surface area contributed by atoms with Crippen molar-refractivity contribution in [3.63, 3.8) is 0 Å². The number of hydrogen-bond donors (Lipinski definition) is 2. The average molecular weight is 488 g/mol. The van der Waals surface area contributed by atoms with Gasteiger partial charge in [0.2, 0.25) is 5.91 Å². The topological polar surface area (TPSA) is 70.9 Å². The summed E-state index contributed by atoms with van der Waals surface area (Å²) in [5.41, 5.74) is 3.38. The molecular weight excluding hydrogens is 465 g/mol. The van der Waals surface area contributed by atoms with Crippen molar-refractivity contribution in [3.05, 3.63) is 113 Å². The second kappa shape index (κ2) is 10.2. The first kappa shape index (κ1) is 22.9. The number of H-pyrrole nitrogens is 1. The number of para-hydroxylation sites is 1. The van der Waals surface area contributed by atoms with Crippen LogP contribution in [0.25, 0.3) is 22.2 Å². The maximum absolute atomic E-state index is 14.0. The first-order chi connectivity index (χ1) is 17.1. The Balaban J connectivity index is 1.28. The van der Waals surface area contributed by atoms with Crippen molar-refractivity contribution < 1.29 is 13.6 Å². The van der Waals surface area contributed by atoms with Crippen LogP contribution in [0.4, 0.5) is 4.39 Å². The van der Waals surface area contributed by atoms with Crippen molar-refractivity contribution in [2.45, 2.75) is 18.8 Å². The van der Waals surface area contributed by atoms with Gasteiger partial charge in [0.05, 0.1) is 11.8 Å². The zero-order valence-corrected chi connectivity index (χ0v) is 19.6. The normalized spacial score (nSPS) is 12.1. The summed E-state index contributed by atoms with van der Waals surface area (Å²) in [6.45, 7) is 0.385. The summed E-state index contributed by atoms with van der Waals surface area (Å²) < 4.78 is 19.7. The van der Waals surface area contributed by atoms with E-state index in [4.69, 9.17) is 16.0 Å². The number of oxazole rings is 1. The van der Waals surface area contributed by atoms with Gasteiger partial charge in [0.15, 0.2) is 11.7 Å². The minimum atomic E-state index is -0.379. The van der Waals surface area contributed by atoms with Crippen molar-refractivity contribution in [1.82, 2.24) is 15.3 Å². The molecule has 0 fully saturated rings. The number of carbonyl (C=O) groups excluding carboxylic acids is 1. The van der Waals surface area contributed by atoms with Crippen LogP contribution in [-0.4, -0.2) is 22.4 Å². The molecule has 5 aromatic rings. The van der Waals surface area contributed by atoms with E-state index in [9.17, 15) is 9.18 Å². The van der Waals surface area contributed by atoms with Gasteiger partial charge in [-0.3, -0.25) is 4.79 Å². The van der Waals surface area contributed by atoms with Crippen molar-refractivity contribution in [2.24, 2.45) is 0 Å². The van der Waals surface area contributed by atoms with Crippen LogP contribution in [-0.2, 0) is 11.2 Å². The molecule has 0 aliphatic rings. The number of aromatic nitrogens is 2. The highest BCUT2D eigenvalue weighted by atomic mass is 35.5. The van der Waals surface area contributed by atoms with Gasteiger partial charge in [0, 0.05) is 47.4 Å². The molecule has 176 valence electrons. The number of hydrogen-bond acceptors (Lipinski definition) is 3. The highest BCUT2D eigenvalue weighted by molar-refractivity contribution is 6.31. The summed E-state index contributed by atoms with van der Waals surface area (Å²) in [5.74, 6) is 0.0934. The third-order valence-corrected chi connectivity index (χ3v) is 6.38. The lowest BCUT2D eigenvalue weighted by atomic mass is 9.90. The summed E-state index contributed by atoms with van der Waals surface area (Å²) in [5, 5.41) is 4.78. The summed E-state index contributed by atoms with van der Waals surface area (Å²) in [4.78, 5) is 20.2.